The van der Waals surface area contributed by atoms with Crippen LogP contribution in [-0.2, 0) is 24.8 Å². The third-order valence-corrected chi connectivity index (χ3v) is 10.8. The maximum Gasteiger partial charge on any atom is 0.262 e. The molecule has 2 heterocycles. The summed E-state index contributed by atoms with van der Waals surface area (Å²) in [6.45, 7) is 2.17. The molecule has 0 aliphatic carbocycles. The van der Waals surface area contributed by atoms with Gasteiger partial charge < -0.3 is 10.1 Å². The molecule has 192 valence electrons. The normalized spacial score (nSPS) is 15.4. The number of carbonyl (C=O) groups is 1. The van der Waals surface area contributed by atoms with Crippen LogP contribution in [-0.4, -0.2) is 47.2 Å². The topological polar surface area (TPSA) is 122 Å². The van der Waals surface area contributed by atoms with Crippen molar-refractivity contribution in [2.75, 3.05) is 30.2 Å². The average molecular weight is 550 g/mol. The molecule has 1 fully saturated rings. The van der Waals surface area contributed by atoms with E-state index in [9.17, 15) is 21.6 Å². The lowest BCUT2D eigenvalue weighted by Gasteiger charge is -2.30. The Morgan fingerprint density at radius 3 is 2.28 bits per heavy atom. The van der Waals surface area contributed by atoms with Gasteiger partial charge in [-0.15, -0.1) is 11.3 Å². The highest BCUT2D eigenvalue weighted by Gasteiger charge is 2.32. The number of hydrogen-bond acceptors (Lipinski definition) is 7. The zero-order chi connectivity index (χ0) is 25.9. The van der Waals surface area contributed by atoms with Crippen LogP contribution in [0.15, 0.2) is 69.1 Å². The fourth-order valence-electron chi connectivity index (χ4n) is 3.98. The first-order valence-electron chi connectivity index (χ1n) is 11.2. The second-order valence-electron chi connectivity index (χ2n) is 8.41. The van der Waals surface area contributed by atoms with Gasteiger partial charge in [0.15, 0.2) is 0 Å². The number of sulfonamides is 2. The standard InChI is InChI=1S/C24H27N3O6S3/c1-17-5-6-20(16-22(17)35(29,30)26-19-7-9-21(33-2)10-8-19)25-24(28)18-11-13-27(14-12-18)36(31,32)23-4-3-15-34-23/h3-10,15-16,18,26H,11-14H2,1-2H3,(H,25,28). The largest absolute Gasteiger partial charge is 0.497 e. The third kappa shape index (κ3) is 5.72. The molecule has 0 unspecified atom stereocenters. The Kier molecular flexibility index (Phi) is 7.69. The van der Waals surface area contributed by atoms with E-state index >= 15 is 0 Å². The number of amides is 1. The SMILES string of the molecule is COc1ccc(NS(=O)(=O)c2cc(NC(=O)C3CCN(S(=O)(=O)c4cccs4)CC3)ccc2C)cc1. The number of hydrogen-bond donors (Lipinski definition) is 2. The molecule has 0 bridgehead atoms. The number of ether oxygens (including phenoxy) is 1. The molecule has 0 saturated carbocycles. The number of anilines is 2. The minimum absolute atomic E-state index is 0.0491. The molecule has 2 aromatic carbocycles. The van der Waals surface area contributed by atoms with E-state index < -0.39 is 20.0 Å². The molecule has 1 aliphatic rings. The Morgan fingerprint density at radius 2 is 1.67 bits per heavy atom. The monoisotopic (exact) mass is 549 g/mol. The number of nitrogens with zero attached hydrogens (tertiary/aromatic N) is 1. The van der Waals surface area contributed by atoms with Crippen molar-refractivity contribution in [1.82, 2.24) is 4.31 Å². The molecule has 1 aliphatic heterocycles. The van der Waals surface area contributed by atoms with Crippen molar-refractivity contribution >= 4 is 48.7 Å². The first-order valence-corrected chi connectivity index (χ1v) is 15.0. The summed E-state index contributed by atoms with van der Waals surface area (Å²) in [5.41, 5.74) is 1.27. The number of nitrogens with one attached hydrogen (secondary N) is 2. The predicted octanol–water partition coefficient (Wildman–Crippen LogP) is 3.91. The van der Waals surface area contributed by atoms with E-state index in [1.54, 1.807) is 60.8 Å². The van der Waals surface area contributed by atoms with Crippen LogP contribution < -0.4 is 14.8 Å². The fourth-order valence-corrected chi connectivity index (χ4v) is 7.92. The summed E-state index contributed by atoms with van der Waals surface area (Å²) in [5.74, 6) is -0.0363. The number of benzene rings is 2. The first kappa shape index (κ1) is 26.1. The van der Waals surface area contributed by atoms with Crippen LogP contribution in [0.25, 0.3) is 0 Å². The van der Waals surface area contributed by atoms with Gasteiger partial charge in [-0.05, 0) is 73.2 Å². The molecule has 12 heteroatoms. The molecule has 2 N–H and O–H groups in total. The van der Waals surface area contributed by atoms with Crippen molar-refractivity contribution in [3.63, 3.8) is 0 Å². The minimum Gasteiger partial charge on any atom is -0.497 e. The van der Waals surface area contributed by atoms with E-state index in [0.717, 1.165) is 0 Å². The maximum atomic E-state index is 13.0. The molecule has 0 radical (unpaired) electrons. The van der Waals surface area contributed by atoms with Gasteiger partial charge in [0.25, 0.3) is 20.0 Å². The average Bonchev–Trinajstić information content (AvgIpc) is 3.41. The quantitative estimate of drug-likeness (QED) is 0.440. The van der Waals surface area contributed by atoms with Crippen molar-refractivity contribution < 1.29 is 26.4 Å². The van der Waals surface area contributed by atoms with Crippen LogP contribution in [0, 0.1) is 12.8 Å². The van der Waals surface area contributed by atoms with Crippen molar-refractivity contribution in [3.05, 3.63) is 65.5 Å². The summed E-state index contributed by atoms with van der Waals surface area (Å²) in [7, 11) is -5.92. The summed E-state index contributed by atoms with van der Waals surface area (Å²) in [6, 6.07) is 14.5. The Morgan fingerprint density at radius 1 is 1.00 bits per heavy atom. The highest BCUT2D eigenvalue weighted by atomic mass is 32.2. The molecule has 1 aromatic heterocycles. The number of rotatable bonds is 8. The van der Waals surface area contributed by atoms with E-state index in [2.05, 4.69) is 10.0 Å². The van der Waals surface area contributed by atoms with Crippen molar-refractivity contribution in [1.29, 1.82) is 0 Å². The second-order valence-corrected chi connectivity index (χ2v) is 13.2. The molecule has 0 atom stereocenters. The van der Waals surface area contributed by atoms with Crippen LogP contribution in [0.4, 0.5) is 11.4 Å². The van der Waals surface area contributed by atoms with Gasteiger partial charge in [-0.1, -0.05) is 12.1 Å². The van der Waals surface area contributed by atoms with Gasteiger partial charge in [0.05, 0.1) is 12.0 Å². The smallest absolute Gasteiger partial charge is 0.262 e. The van der Waals surface area contributed by atoms with Gasteiger partial charge in [0.1, 0.15) is 9.96 Å². The summed E-state index contributed by atoms with van der Waals surface area (Å²) in [6.07, 6.45) is 0.763. The molecule has 1 amide bonds. The first-order chi connectivity index (χ1) is 17.1. The van der Waals surface area contributed by atoms with Gasteiger partial charge in [-0.2, -0.15) is 4.31 Å². The number of piperidine rings is 1. The summed E-state index contributed by atoms with van der Waals surface area (Å²) in [5, 5.41) is 4.52. The predicted molar refractivity (Wildman–Crippen MR) is 139 cm³/mol. The van der Waals surface area contributed by atoms with E-state index in [1.165, 1.54) is 28.8 Å². The Bertz CT molecular complexity index is 1430. The van der Waals surface area contributed by atoms with Crippen molar-refractivity contribution in [3.8, 4) is 5.75 Å². The molecule has 0 spiro atoms. The van der Waals surface area contributed by atoms with Crippen LogP contribution in [0.3, 0.4) is 0 Å². The number of aryl methyl sites for hydroxylation is 1. The van der Waals surface area contributed by atoms with Gasteiger partial charge in [-0.25, -0.2) is 16.8 Å². The van der Waals surface area contributed by atoms with E-state index in [-0.39, 0.29) is 29.8 Å². The van der Waals surface area contributed by atoms with Crippen molar-refractivity contribution in [2.45, 2.75) is 28.9 Å². The molecule has 1 saturated heterocycles. The Labute approximate surface area is 215 Å². The highest BCUT2D eigenvalue weighted by molar-refractivity contribution is 7.92. The fraction of sp³-hybridized carbons (Fsp3) is 0.292. The van der Waals surface area contributed by atoms with E-state index in [0.29, 0.717) is 39.7 Å². The summed E-state index contributed by atoms with van der Waals surface area (Å²) in [4.78, 5) is 12.9. The zero-order valence-electron chi connectivity index (χ0n) is 19.8. The zero-order valence-corrected chi connectivity index (χ0v) is 22.3. The number of thiophene rings is 1. The lowest BCUT2D eigenvalue weighted by Crippen LogP contribution is -2.41. The summed E-state index contributed by atoms with van der Waals surface area (Å²) < 4.78 is 60.8. The number of methoxy groups -OCH3 is 1. The minimum atomic E-state index is -3.91. The second kappa shape index (κ2) is 10.6. The van der Waals surface area contributed by atoms with Crippen LogP contribution in [0.1, 0.15) is 18.4 Å². The van der Waals surface area contributed by atoms with Gasteiger partial charge in [-0.3, -0.25) is 9.52 Å². The van der Waals surface area contributed by atoms with E-state index in [1.807, 2.05) is 0 Å². The van der Waals surface area contributed by atoms with Gasteiger partial charge in [0, 0.05) is 30.4 Å². The molecule has 36 heavy (non-hydrogen) atoms. The van der Waals surface area contributed by atoms with Crippen LogP contribution in [0.2, 0.25) is 0 Å². The summed E-state index contributed by atoms with van der Waals surface area (Å²) >= 11 is 1.17. The molecule has 9 nitrogen and oxygen atoms in total. The van der Waals surface area contributed by atoms with Crippen LogP contribution in [0.5, 0.6) is 5.75 Å². The Balaban J connectivity index is 1.42. The molecular weight excluding hydrogens is 522 g/mol. The highest BCUT2D eigenvalue weighted by Crippen LogP contribution is 2.28. The van der Waals surface area contributed by atoms with Gasteiger partial charge in [0.2, 0.25) is 5.91 Å². The third-order valence-electron chi connectivity index (χ3n) is 6.00. The lowest BCUT2D eigenvalue weighted by atomic mass is 9.97. The lowest BCUT2D eigenvalue weighted by molar-refractivity contribution is -0.120. The number of carbonyl (C=O) groups excluding carboxylic acids is 1. The maximum absolute atomic E-state index is 13.0. The Hall–Kier alpha value is -2.93. The molecule has 3 aromatic rings. The van der Waals surface area contributed by atoms with Crippen LogP contribution >= 0.6 is 11.3 Å². The van der Waals surface area contributed by atoms with E-state index in [4.69, 9.17) is 4.74 Å². The van der Waals surface area contributed by atoms with Gasteiger partial charge >= 0.3 is 0 Å². The van der Waals surface area contributed by atoms with Crippen molar-refractivity contribution in [2.24, 2.45) is 5.92 Å². The molecular formula is C24H27N3O6S3. The molecule has 4 rings (SSSR count).